The van der Waals surface area contributed by atoms with Crippen LogP contribution in [0.15, 0.2) is 162 Å². The average molecular weight is 575 g/mol. The van der Waals surface area contributed by atoms with Crippen LogP contribution in [0.5, 0.6) is 0 Å². The Morgan fingerprint density at radius 1 is 0.378 bits per heavy atom. The van der Waals surface area contributed by atoms with Gasteiger partial charge in [-0.2, -0.15) is 0 Å². The van der Waals surface area contributed by atoms with E-state index in [1.165, 1.54) is 49.2 Å². The second-order valence-electron chi connectivity index (χ2n) is 11.7. The van der Waals surface area contributed by atoms with E-state index in [9.17, 15) is 0 Å². The van der Waals surface area contributed by atoms with Crippen LogP contribution in [-0.2, 0) is 0 Å². The lowest BCUT2D eigenvalue weighted by molar-refractivity contribution is 0.669. The smallest absolute Gasteiger partial charge is 0.137 e. The Hall–Kier alpha value is -6.06. The van der Waals surface area contributed by atoms with Crippen LogP contribution in [0.2, 0.25) is 0 Å². The molecule has 0 saturated heterocycles. The number of rotatable bonds is 3. The third-order valence-corrected chi connectivity index (χ3v) is 9.32. The molecule has 3 nitrogen and oxygen atoms in total. The number of para-hydroxylation sites is 4. The summed E-state index contributed by atoms with van der Waals surface area (Å²) in [5.41, 5.74) is 11.1. The molecule has 0 N–H and O–H groups in total. The highest BCUT2D eigenvalue weighted by atomic mass is 16.3. The first-order valence-electron chi connectivity index (χ1n) is 15.4. The van der Waals surface area contributed by atoms with Crippen LogP contribution in [0, 0.1) is 0 Å². The van der Waals surface area contributed by atoms with Crippen molar-refractivity contribution in [2.24, 2.45) is 0 Å². The van der Waals surface area contributed by atoms with Gasteiger partial charge in [-0.15, -0.1) is 0 Å². The SMILES string of the molecule is c1ccc(-c2ccc3oc4ccccc4c3c2-n2c3ccccc3c3ccc(-n4c5ccccc5c5ccccc54)cc32)cc1. The van der Waals surface area contributed by atoms with Crippen molar-refractivity contribution in [3.05, 3.63) is 158 Å². The van der Waals surface area contributed by atoms with Gasteiger partial charge in [0.05, 0.1) is 33.1 Å². The molecule has 10 rings (SSSR count). The predicted molar refractivity (Wildman–Crippen MR) is 188 cm³/mol. The minimum atomic E-state index is 0.885. The topological polar surface area (TPSA) is 23.0 Å². The molecule has 210 valence electrons. The molecule has 0 aliphatic heterocycles. The Morgan fingerprint density at radius 3 is 1.62 bits per heavy atom. The zero-order valence-corrected chi connectivity index (χ0v) is 24.3. The quantitative estimate of drug-likeness (QED) is 0.206. The highest BCUT2D eigenvalue weighted by Crippen LogP contribution is 2.44. The summed E-state index contributed by atoms with van der Waals surface area (Å²) in [5.74, 6) is 0. The molecule has 0 aliphatic carbocycles. The summed E-state index contributed by atoms with van der Waals surface area (Å²) >= 11 is 0. The summed E-state index contributed by atoms with van der Waals surface area (Å²) in [6.45, 7) is 0. The third-order valence-electron chi connectivity index (χ3n) is 9.32. The Kier molecular flexibility index (Phi) is 5.00. The molecule has 10 aromatic rings. The molecule has 45 heavy (non-hydrogen) atoms. The van der Waals surface area contributed by atoms with Crippen LogP contribution >= 0.6 is 0 Å². The normalized spacial score (nSPS) is 12.0. The van der Waals surface area contributed by atoms with Gasteiger partial charge >= 0.3 is 0 Å². The molecule has 3 heterocycles. The Bertz CT molecular complexity index is 2710. The maximum Gasteiger partial charge on any atom is 0.137 e. The molecule has 7 aromatic carbocycles. The number of hydrogen-bond acceptors (Lipinski definition) is 1. The van der Waals surface area contributed by atoms with Gasteiger partial charge in [-0.3, -0.25) is 0 Å². The average Bonchev–Trinajstić information content (AvgIpc) is 3.76. The van der Waals surface area contributed by atoms with Gasteiger partial charge in [0.15, 0.2) is 0 Å². The van der Waals surface area contributed by atoms with E-state index in [4.69, 9.17) is 4.42 Å². The lowest BCUT2D eigenvalue weighted by Crippen LogP contribution is -2.00. The molecule has 0 saturated carbocycles. The van der Waals surface area contributed by atoms with Crippen LogP contribution in [0.25, 0.3) is 88.1 Å². The summed E-state index contributed by atoms with van der Waals surface area (Å²) in [5, 5.41) is 7.20. The second-order valence-corrected chi connectivity index (χ2v) is 11.7. The van der Waals surface area contributed by atoms with E-state index in [0.717, 1.165) is 38.8 Å². The zero-order chi connectivity index (χ0) is 29.5. The van der Waals surface area contributed by atoms with Gasteiger partial charge < -0.3 is 13.6 Å². The molecule has 0 bridgehead atoms. The van der Waals surface area contributed by atoms with Crippen LogP contribution in [0.3, 0.4) is 0 Å². The molecule has 0 aliphatic rings. The summed E-state index contributed by atoms with van der Waals surface area (Å²) in [6.07, 6.45) is 0. The maximum absolute atomic E-state index is 6.47. The molecule has 0 spiro atoms. The molecule has 0 amide bonds. The molecule has 0 unspecified atom stereocenters. The molecular formula is C42H26N2O. The number of fused-ring (bicyclic) bond motifs is 9. The van der Waals surface area contributed by atoms with Crippen LogP contribution in [0.1, 0.15) is 0 Å². The van der Waals surface area contributed by atoms with Crippen LogP contribution in [0.4, 0.5) is 0 Å². The van der Waals surface area contributed by atoms with E-state index in [1.807, 2.05) is 6.07 Å². The summed E-state index contributed by atoms with van der Waals surface area (Å²) in [6, 6.07) is 56.5. The Balaban J connectivity index is 1.39. The van der Waals surface area contributed by atoms with Gasteiger partial charge in [0, 0.05) is 38.2 Å². The third kappa shape index (κ3) is 3.41. The van der Waals surface area contributed by atoms with Crippen molar-refractivity contribution in [1.82, 2.24) is 9.13 Å². The highest BCUT2D eigenvalue weighted by molar-refractivity contribution is 6.17. The number of benzene rings is 7. The number of nitrogens with zero attached hydrogens (tertiary/aromatic N) is 2. The maximum atomic E-state index is 6.47. The standard InChI is InChI=1S/C42H26N2O/c1-2-12-27(13-3-1)29-24-25-40-41(34-17-7-11-21-39(34)45-40)42(29)44-37-20-10-6-16-32(37)33-23-22-28(26-38(33)44)43-35-18-8-4-14-30(35)31-15-5-9-19-36(31)43/h1-26H. The Labute approximate surface area is 258 Å². The van der Waals surface area contributed by atoms with Crippen molar-refractivity contribution in [2.45, 2.75) is 0 Å². The van der Waals surface area contributed by atoms with Gasteiger partial charge in [0.25, 0.3) is 0 Å². The van der Waals surface area contributed by atoms with Crippen molar-refractivity contribution < 1.29 is 4.42 Å². The molecule has 0 atom stereocenters. The molecule has 3 heteroatoms. The highest BCUT2D eigenvalue weighted by Gasteiger charge is 2.22. The fourth-order valence-electron chi connectivity index (χ4n) is 7.42. The lowest BCUT2D eigenvalue weighted by Gasteiger charge is -2.16. The van der Waals surface area contributed by atoms with E-state index in [2.05, 4.69) is 161 Å². The fourth-order valence-corrected chi connectivity index (χ4v) is 7.42. The van der Waals surface area contributed by atoms with Crippen molar-refractivity contribution in [3.8, 4) is 22.5 Å². The first-order chi connectivity index (χ1) is 22.3. The summed E-state index contributed by atoms with van der Waals surface area (Å²) in [4.78, 5) is 0. The van der Waals surface area contributed by atoms with Gasteiger partial charge in [-0.25, -0.2) is 0 Å². The van der Waals surface area contributed by atoms with Crippen molar-refractivity contribution in [1.29, 1.82) is 0 Å². The van der Waals surface area contributed by atoms with E-state index in [1.54, 1.807) is 0 Å². The molecule has 0 fully saturated rings. The van der Waals surface area contributed by atoms with E-state index in [0.29, 0.717) is 0 Å². The van der Waals surface area contributed by atoms with Gasteiger partial charge in [-0.1, -0.05) is 109 Å². The number of furan rings is 1. The largest absolute Gasteiger partial charge is 0.456 e. The van der Waals surface area contributed by atoms with Crippen molar-refractivity contribution >= 4 is 65.6 Å². The second kappa shape index (κ2) is 9.22. The van der Waals surface area contributed by atoms with E-state index >= 15 is 0 Å². The molecule has 0 radical (unpaired) electrons. The fraction of sp³-hybridized carbons (Fsp3) is 0. The molecular weight excluding hydrogens is 548 g/mol. The number of aromatic nitrogens is 2. The van der Waals surface area contributed by atoms with E-state index < -0.39 is 0 Å². The zero-order valence-electron chi connectivity index (χ0n) is 24.3. The monoisotopic (exact) mass is 574 g/mol. The van der Waals surface area contributed by atoms with Crippen molar-refractivity contribution in [2.75, 3.05) is 0 Å². The summed E-state index contributed by atoms with van der Waals surface area (Å²) < 4.78 is 11.3. The van der Waals surface area contributed by atoms with E-state index in [-0.39, 0.29) is 0 Å². The number of hydrogen-bond donors (Lipinski definition) is 0. The van der Waals surface area contributed by atoms with Gasteiger partial charge in [0.2, 0.25) is 0 Å². The van der Waals surface area contributed by atoms with Crippen LogP contribution in [-0.4, -0.2) is 9.13 Å². The minimum absolute atomic E-state index is 0.885. The minimum Gasteiger partial charge on any atom is -0.456 e. The van der Waals surface area contributed by atoms with Gasteiger partial charge in [0.1, 0.15) is 11.2 Å². The first-order valence-corrected chi connectivity index (χ1v) is 15.4. The van der Waals surface area contributed by atoms with Crippen molar-refractivity contribution in [3.63, 3.8) is 0 Å². The lowest BCUT2D eigenvalue weighted by atomic mass is 9.99. The first kappa shape index (κ1) is 24.4. The van der Waals surface area contributed by atoms with Gasteiger partial charge in [-0.05, 0) is 54.1 Å². The van der Waals surface area contributed by atoms with Crippen LogP contribution < -0.4 is 0 Å². The Morgan fingerprint density at radius 2 is 0.933 bits per heavy atom. The summed E-state index contributed by atoms with van der Waals surface area (Å²) in [7, 11) is 0. The molecule has 3 aromatic heterocycles. The predicted octanol–water partition coefficient (Wildman–Crippen LogP) is 11.4.